The van der Waals surface area contributed by atoms with Gasteiger partial charge in [0, 0.05) is 16.5 Å². The Morgan fingerprint density at radius 3 is 2.32 bits per heavy atom. The molecule has 0 bridgehead atoms. The SMILES string of the molecule is CCCCCCCc1ccc2cccc3c2c1C(=O)c1ccccc1-3. The Morgan fingerprint density at radius 1 is 0.720 bits per heavy atom. The fourth-order valence-corrected chi connectivity index (χ4v) is 4.08. The maximum atomic E-state index is 13.3. The second-order valence-electron chi connectivity index (χ2n) is 7.04. The summed E-state index contributed by atoms with van der Waals surface area (Å²) in [6.45, 7) is 2.24. The maximum absolute atomic E-state index is 13.3. The van der Waals surface area contributed by atoms with E-state index >= 15 is 0 Å². The zero-order chi connectivity index (χ0) is 17.2. The third kappa shape index (κ3) is 2.78. The molecule has 0 radical (unpaired) electrons. The number of ketones is 1. The van der Waals surface area contributed by atoms with Crippen LogP contribution in [0.3, 0.4) is 0 Å². The summed E-state index contributed by atoms with van der Waals surface area (Å²) in [7, 11) is 0. The van der Waals surface area contributed by atoms with Gasteiger partial charge in [0.25, 0.3) is 0 Å². The Kier molecular flexibility index (Phi) is 4.40. The average Bonchev–Trinajstić information content (AvgIpc) is 2.66. The van der Waals surface area contributed by atoms with Gasteiger partial charge in [-0.3, -0.25) is 4.79 Å². The molecule has 0 N–H and O–H groups in total. The van der Waals surface area contributed by atoms with Gasteiger partial charge < -0.3 is 0 Å². The predicted molar refractivity (Wildman–Crippen MR) is 105 cm³/mol. The largest absolute Gasteiger partial charge is 0.289 e. The van der Waals surface area contributed by atoms with Crippen molar-refractivity contribution < 1.29 is 4.79 Å². The van der Waals surface area contributed by atoms with Crippen LogP contribution < -0.4 is 0 Å². The minimum absolute atomic E-state index is 0.198. The minimum Gasteiger partial charge on any atom is -0.289 e. The number of aryl methyl sites for hydroxylation is 1. The number of benzene rings is 3. The van der Waals surface area contributed by atoms with Crippen molar-refractivity contribution >= 4 is 16.6 Å². The van der Waals surface area contributed by atoms with Crippen LogP contribution in [0.25, 0.3) is 21.9 Å². The topological polar surface area (TPSA) is 17.1 Å². The lowest BCUT2D eigenvalue weighted by molar-refractivity contribution is 0.103. The van der Waals surface area contributed by atoms with Crippen LogP contribution in [0, 0.1) is 0 Å². The molecule has 126 valence electrons. The Morgan fingerprint density at radius 2 is 1.48 bits per heavy atom. The van der Waals surface area contributed by atoms with Crippen LogP contribution in [0.5, 0.6) is 0 Å². The number of carbonyl (C=O) groups is 1. The van der Waals surface area contributed by atoms with Crippen molar-refractivity contribution in [3.05, 3.63) is 71.3 Å². The molecule has 0 atom stereocenters. The first-order valence-corrected chi connectivity index (χ1v) is 9.50. The van der Waals surface area contributed by atoms with E-state index in [-0.39, 0.29) is 5.78 Å². The Balaban J connectivity index is 1.79. The lowest BCUT2D eigenvalue weighted by Gasteiger charge is -2.22. The van der Waals surface area contributed by atoms with Gasteiger partial charge in [0.05, 0.1) is 0 Å². The van der Waals surface area contributed by atoms with Crippen molar-refractivity contribution in [2.75, 3.05) is 0 Å². The predicted octanol–water partition coefficient (Wildman–Crippen LogP) is 6.56. The molecular weight excluding hydrogens is 304 g/mol. The molecule has 0 amide bonds. The molecule has 1 heteroatoms. The molecule has 0 spiro atoms. The number of unbranched alkanes of at least 4 members (excludes halogenated alkanes) is 4. The summed E-state index contributed by atoms with van der Waals surface area (Å²) in [4.78, 5) is 13.3. The lowest BCUT2D eigenvalue weighted by Crippen LogP contribution is -2.13. The van der Waals surface area contributed by atoms with Crippen LogP contribution in [0.2, 0.25) is 0 Å². The molecule has 3 aromatic rings. The van der Waals surface area contributed by atoms with Gasteiger partial charge in [0.15, 0.2) is 5.78 Å². The number of rotatable bonds is 6. The molecule has 0 saturated carbocycles. The average molecular weight is 328 g/mol. The summed E-state index contributed by atoms with van der Waals surface area (Å²) in [5, 5.41) is 2.32. The van der Waals surface area contributed by atoms with Gasteiger partial charge in [-0.05, 0) is 34.9 Å². The third-order valence-electron chi connectivity index (χ3n) is 5.37. The number of carbonyl (C=O) groups excluding carboxylic acids is 1. The molecule has 1 aliphatic carbocycles. The molecule has 1 aliphatic rings. The molecule has 4 rings (SSSR count). The van der Waals surface area contributed by atoms with Gasteiger partial charge in [-0.2, -0.15) is 0 Å². The summed E-state index contributed by atoms with van der Waals surface area (Å²) in [5.74, 6) is 0.198. The summed E-state index contributed by atoms with van der Waals surface area (Å²) < 4.78 is 0. The molecule has 0 fully saturated rings. The summed E-state index contributed by atoms with van der Waals surface area (Å²) >= 11 is 0. The van der Waals surface area contributed by atoms with Gasteiger partial charge in [-0.25, -0.2) is 0 Å². The monoisotopic (exact) mass is 328 g/mol. The van der Waals surface area contributed by atoms with Gasteiger partial charge >= 0.3 is 0 Å². The molecule has 0 unspecified atom stereocenters. The Bertz CT molecular complexity index is 936. The molecule has 0 saturated heterocycles. The van der Waals surface area contributed by atoms with Gasteiger partial charge in [-0.15, -0.1) is 0 Å². The van der Waals surface area contributed by atoms with Crippen molar-refractivity contribution in [2.24, 2.45) is 0 Å². The van der Waals surface area contributed by atoms with Crippen LogP contribution in [-0.4, -0.2) is 5.78 Å². The number of fused-ring (bicyclic) bond motifs is 2. The van der Waals surface area contributed by atoms with Gasteiger partial charge in [0.2, 0.25) is 0 Å². The van der Waals surface area contributed by atoms with Crippen LogP contribution in [0.15, 0.2) is 54.6 Å². The first-order valence-electron chi connectivity index (χ1n) is 9.50. The van der Waals surface area contributed by atoms with Crippen molar-refractivity contribution in [3.63, 3.8) is 0 Å². The van der Waals surface area contributed by atoms with Crippen LogP contribution in [0.1, 0.15) is 60.5 Å². The maximum Gasteiger partial charge on any atom is 0.194 e. The van der Waals surface area contributed by atoms with Crippen molar-refractivity contribution in [3.8, 4) is 11.1 Å². The molecular formula is C24H24O. The minimum atomic E-state index is 0.198. The molecule has 1 nitrogen and oxygen atoms in total. The molecule has 25 heavy (non-hydrogen) atoms. The summed E-state index contributed by atoms with van der Waals surface area (Å²) in [5.41, 5.74) is 5.29. The number of hydrogen-bond donors (Lipinski definition) is 0. The number of hydrogen-bond acceptors (Lipinski definition) is 1. The zero-order valence-electron chi connectivity index (χ0n) is 14.8. The second kappa shape index (κ2) is 6.84. The first-order chi connectivity index (χ1) is 12.3. The van der Waals surface area contributed by atoms with E-state index in [1.807, 2.05) is 18.2 Å². The lowest BCUT2D eigenvalue weighted by atomic mass is 9.80. The van der Waals surface area contributed by atoms with Crippen LogP contribution in [0.4, 0.5) is 0 Å². The van der Waals surface area contributed by atoms with Gasteiger partial charge in [0.1, 0.15) is 0 Å². The smallest absolute Gasteiger partial charge is 0.194 e. The Labute approximate surface area is 149 Å². The zero-order valence-corrected chi connectivity index (χ0v) is 14.8. The van der Waals surface area contributed by atoms with E-state index in [2.05, 4.69) is 43.3 Å². The highest BCUT2D eigenvalue weighted by molar-refractivity contribution is 6.26. The fourth-order valence-electron chi connectivity index (χ4n) is 4.08. The highest BCUT2D eigenvalue weighted by Gasteiger charge is 2.26. The summed E-state index contributed by atoms with van der Waals surface area (Å²) in [6.07, 6.45) is 7.27. The quantitative estimate of drug-likeness (QED) is 0.366. The Hall–Kier alpha value is -2.41. The third-order valence-corrected chi connectivity index (χ3v) is 5.37. The second-order valence-corrected chi connectivity index (χ2v) is 7.04. The summed E-state index contributed by atoms with van der Waals surface area (Å²) in [6, 6.07) is 18.8. The highest BCUT2D eigenvalue weighted by atomic mass is 16.1. The van der Waals surface area contributed by atoms with E-state index in [0.717, 1.165) is 34.9 Å². The van der Waals surface area contributed by atoms with E-state index in [1.54, 1.807) is 0 Å². The van der Waals surface area contributed by atoms with E-state index in [1.165, 1.54) is 42.2 Å². The highest BCUT2D eigenvalue weighted by Crippen LogP contribution is 2.40. The standard InChI is InChI=1S/C24H24O/c1-2-3-4-5-6-10-18-16-15-17-11-9-14-20-19-12-7-8-13-21(19)24(25)23(18)22(17)20/h7-9,11-16H,2-6,10H2,1H3. The molecule has 3 aromatic carbocycles. The van der Waals surface area contributed by atoms with E-state index < -0.39 is 0 Å². The van der Waals surface area contributed by atoms with E-state index in [4.69, 9.17) is 0 Å². The van der Waals surface area contributed by atoms with Crippen LogP contribution in [-0.2, 0) is 6.42 Å². The van der Waals surface area contributed by atoms with Gasteiger partial charge in [-0.1, -0.05) is 87.2 Å². The van der Waals surface area contributed by atoms with Crippen molar-refractivity contribution in [1.29, 1.82) is 0 Å². The van der Waals surface area contributed by atoms with Crippen molar-refractivity contribution in [2.45, 2.75) is 45.4 Å². The fraction of sp³-hybridized carbons (Fsp3) is 0.292. The van der Waals surface area contributed by atoms with Crippen molar-refractivity contribution in [1.82, 2.24) is 0 Å². The van der Waals surface area contributed by atoms with Crippen LogP contribution >= 0.6 is 0 Å². The first kappa shape index (κ1) is 16.1. The molecule has 0 heterocycles. The van der Waals surface area contributed by atoms with E-state index in [9.17, 15) is 4.79 Å². The molecule has 0 aromatic heterocycles. The van der Waals surface area contributed by atoms with E-state index in [0.29, 0.717) is 0 Å². The normalized spacial score (nSPS) is 12.4. The molecule has 0 aliphatic heterocycles.